The first-order valence-electron chi connectivity index (χ1n) is 7.30. The third-order valence-corrected chi connectivity index (χ3v) is 3.81. The Bertz CT molecular complexity index is 518. The minimum absolute atomic E-state index is 0.148. The molecule has 1 amide bonds. The van der Waals surface area contributed by atoms with E-state index in [1.807, 2.05) is 13.8 Å². The Morgan fingerprint density at radius 1 is 1.38 bits per heavy atom. The molecule has 0 atom stereocenters. The zero-order chi connectivity index (χ0) is 15.5. The molecule has 1 heterocycles. The predicted molar refractivity (Wildman–Crippen MR) is 73.7 cm³/mol. The van der Waals surface area contributed by atoms with E-state index in [4.69, 9.17) is 4.52 Å². The van der Waals surface area contributed by atoms with E-state index in [9.17, 15) is 14.7 Å². The third kappa shape index (κ3) is 3.59. The zero-order valence-electron chi connectivity index (χ0n) is 12.4. The minimum Gasteiger partial charge on any atom is -0.480 e. The SMILES string of the molecule is CC(C)c1noc(CCC(=O)NC2(C(=O)O)CCCC2)n1. The number of carbonyl (C=O) groups is 2. The summed E-state index contributed by atoms with van der Waals surface area (Å²) in [5, 5.41) is 15.8. The molecule has 1 fully saturated rings. The highest BCUT2D eigenvalue weighted by molar-refractivity contribution is 5.87. The summed E-state index contributed by atoms with van der Waals surface area (Å²) in [5.41, 5.74) is -1.09. The minimum atomic E-state index is -1.09. The van der Waals surface area contributed by atoms with Crippen LogP contribution in [0.2, 0.25) is 0 Å². The van der Waals surface area contributed by atoms with E-state index < -0.39 is 11.5 Å². The van der Waals surface area contributed by atoms with Crippen molar-refractivity contribution in [3.8, 4) is 0 Å². The highest BCUT2D eigenvalue weighted by Gasteiger charge is 2.42. The van der Waals surface area contributed by atoms with Crippen molar-refractivity contribution >= 4 is 11.9 Å². The largest absolute Gasteiger partial charge is 0.480 e. The number of carboxylic acids is 1. The number of aryl methyl sites for hydroxylation is 1. The van der Waals surface area contributed by atoms with Crippen LogP contribution in [0.1, 0.15) is 63.6 Å². The molecule has 0 saturated heterocycles. The lowest BCUT2D eigenvalue weighted by Crippen LogP contribution is -2.52. The van der Waals surface area contributed by atoms with Gasteiger partial charge < -0.3 is 14.9 Å². The Balaban J connectivity index is 1.88. The number of nitrogens with one attached hydrogen (secondary N) is 1. The van der Waals surface area contributed by atoms with Crippen molar-refractivity contribution < 1.29 is 19.2 Å². The van der Waals surface area contributed by atoms with E-state index in [0.29, 0.717) is 31.0 Å². The predicted octanol–water partition coefficient (Wildman–Crippen LogP) is 1.64. The molecule has 1 saturated carbocycles. The van der Waals surface area contributed by atoms with E-state index in [-0.39, 0.29) is 18.2 Å². The summed E-state index contributed by atoms with van der Waals surface area (Å²) in [6.45, 7) is 3.91. The topological polar surface area (TPSA) is 105 Å². The molecule has 0 aromatic carbocycles. The lowest BCUT2D eigenvalue weighted by molar-refractivity contribution is -0.147. The quantitative estimate of drug-likeness (QED) is 0.826. The molecule has 7 heteroatoms. The Morgan fingerprint density at radius 2 is 2.05 bits per heavy atom. The number of amides is 1. The molecule has 0 bridgehead atoms. The number of hydrogen-bond acceptors (Lipinski definition) is 5. The molecular formula is C14H21N3O4. The van der Waals surface area contributed by atoms with Crippen LogP contribution in [0.5, 0.6) is 0 Å². The molecule has 0 radical (unpaired) electrons. The van der Waals surface area contributed by atoms with Crippen molar-refractivity contribution in [2.45, 2.75) is 63.8 Å². The summed E-state index contributed by atoms with van der Waals surface area (Å²) in [6, 6.07) is 0. The molecule has 116 valence electrons. The van der Waals surface area contributed by atoms with Gasteiger partial charge in [0.05, 0.1) is 0 Å². The number of carbonyl (C=O) groups excluding carboxylic acids is 1. The van der Waals surface area contributed by atoms with Crippen molar-refractivity contribution in [2.75, 3.05) is 0 Å². The molecule has 0 aliphatic heterocycles. The molecule has 0 unspecified atom stereocenters. The molecule has 7 nitrogen and oxygen atoms in total. The fourth-order valence-electron chi connectivity index (χ4n) is 2.52. The molecular weight excluding hydrogens is 274 g/mol. The maximum absolute atomic E-state index is 12.0. The van der Waals surface area contributed by atoms with Crippen molar-refractivity contribution in [3.05, 3.63) is 11.7 Å². The highest BCUT2D eigenvalue weighted by atomic mass is 16.5. The number of aromatic nitrogens is 2. The smallest absolute Gasteiger partial charge is 0.329 e. The van der Waals surface area contributed by atoms with Crippen molar-refractivity contribution in [1.29, 1.82) is 0 Å². The molecule has 1 aromatic heterocycles. The fraction of sp³-hybridized carbons (Fsp3) is 0.714. The standard InChI is InChI=1S/C14H21N3O4/c1-9(2)12-15-11(21-17-12)6-5-10(18)16-14(13(19)20)7-3-4-8-14/h9H,3-8H2,1-2H3,(H,16,18)(H,19,20). The molecule has 1 aliphatic carbocycles. The van der Waals surface area contributed by atoms with Gasteiger partial charge in [-0.2, -0.15) is 4.98 Å². The summed E-state index contributed by atoms with van der Waals surface area (Å²) in [5.74, 6) is -0.0465. The summed E-state index contributed by atoms with van der Waals surface area (Å²) < 4.78 is 5.06. The molecule has 2 rings (SSSR count). The first-order valence-corrected chi connectivity index (χ1v) is 7.30. The van der Waals surface area contributed by atoms with Gasteiger partial charge in [-0.25, -0.2) is 4.79 Å². The Hall–Kier alpha value is -1.92. The molecule has 2 N–H and O–H groups in total. The number of rotatable bonds is 6. The molecule has 21 heavy (non-hydrogen) atoms. The van der Waals surface area contributed by atoms with Crippen LogP contribution in [0.25, 0.3) is 0 Å². The average molecular weight is 295 g/mol. The van der Waals surface area contributed by atoms with Gasteiger partial charge in [0.1, 0.15) is 5.54 Å². The number of hydrogen-bond donors (Lipinski definition) is 2. The van der Waals surface area contributed by atoms with Crippen LogP contribution in [0.3, 0.4) is 0 Å². The van der Waals surface area contributed by atoms with Crippen LogP contribution in [0.4, 0.5) is 0 Å². The fourth-order valence-corrected chi connectivity index (χ4v) is 2.52. The summed E-state index contributed by atoms with van der Waals surface area (Å²) in [7, 11) is 0. The van der Waals surface area contributed by atoms with Gasteiger partial charge in [-0.1, -0.05) is 31.8 Å². The van der Waals surface area contributed by atoms with Gasteiger partial charge in [0.15, 0.2) is 5.82 Å². The van der Waals surface area contributed by atoms with E-state index in [0.717, 1.165) is 12.8 Å². The van der Waals surface area contributed by atoms with Crippen LogP contribution in [0, 0.1) is 0 Å². The van der Waals surface area contributed by atoms with E-state index in [1.54, 1.807) is 0 Å². The molecule has 1 aliphatic rings. The highest BCUT2D eigenvalue weighted by Crippen LogP contribution is 2.30. The first kappa shape index (κ1) is 15.5. The first-order chi connectivity index (χ1) is 9.93. The van der Waals surface area contributed by atoms with Crippen molar-refractivity contribution in [2.24, 2.45) is 0 Å². The summed E-state index contributed by atoms with van der Waals surface area (Å²) in [4.78, 5) is 27.5. The normalized spacial score (nSPS) is 17.1. The molecule has 1 aromatic rings. The maximum atomic E-state index is 12.0. The van der Waals surface area contributed by atoms with E-state index >= 15 is 0 Å². The summed E-state index contributed by atoms with van der Waals surface area (Å²) in [6.07, 6.45) is 3.11. The number of carboxylic acid groups (broad SMARTS) is 1. The van der Waals surface area contributed by atoms with Gasteiger partial charge in [0.25, 0.3) is 0 Å². The average Bonchev–Trinajstić information content (AvgIpc) is 3.05. The number of aliphatic carboxylic acids is 1. The number of nitrogens with zero attached hydrogens (tertiary/aromatic N) is 2. The van der Waals surface area contributed by atoms with Crippen molar-refractivity contribution in [3.63, 3.8) is 0 Å². The Labute approximate surface area is 123 Å². The van der Waals surface area contributed by atoms with Crippen LogP contribution < -0.4 is 5.32 Å². The lowest BCUT2D eigenvalue weighted by Gasteiger charge is -2.25. The third-order valence-electron chi connectivity index (χ3n) is 3.81. The maximum Gasteiger partial charge on any atom is 0.329 e. The summed E-state index contributed by atoms with van der Waals surface area (Å²) >= 11 is 0. The lowest BCUT2D eigenvalue weighted by atomic mass is 9.97. The Morgan fingerprint density at radius 3 is 2.57 bits per heavy atom. The van der Waals surface area contributed by atoms with Crippen LogP contribution in [-0.2, 0) is 16.0 Å². The van der Waals surface area contributed by atoms with Crippen LogP contribution in [0.15, 0.2) is 4.52 Å². The van der Waals surface area contributed by atoms with Crippen LogP contribution >= 0.6 is 0 Å². The van der Waals surface area contributed by atoms with Crippen LogP contribution in [-0.4, -0.2) is 32.7 Å². The second-order valence-electron chi connectivity index (χ2n) is 5.84. The molecule has 0 spiro atoms. The van der Waals surface area contributed by atoms with Gasteiger partial charge in [-0.15, -0.1) is 0 Å². The van der Waals surface area contributed by atoms with Gasteiger partial charge in [-0.3, -0.25) is 4.79 Å². The Kier molecular flexibility index (Phi) is 4.59. The van der Waals surface area contributed by atoms with E-state index in [1.165, 1.54) is 0 Å². The second-order valence-corrected chi connectivity index (χ2v) is 5.84. The van der Waals surface area contributed by atoms with Gasteiger partial charge in [-0.05, 0) is 12.8 Å². The zero-order valence-corrected chi connectivity index (χ0v) is 12.4. The monoisotopic (exact) mass is 295 g/mol. The van der Waals surface area contributed by atoms with E-state index in [2.05, 4.69) is 15.5 Å². The van der Waals surface area contributed by atoms with Gasteiger partial charge in [0, 0.05) is 18.8 Å². The van der Waals surface area contributed by atoms with Crippen molar-refractivity contribution in [1.82, 2.24) is 15.5 Å². The second kappa shape index (κ2) is 6.24. The van der Waals surface area contributed by atoms with Gasteiger partial charge in [0.2, 0.25) is 11.8 Å². The van der Waals surface area contributed by atoms with Gasteiger partial charge >= 0.3 is 5.97 Å².